The van der Waals surface area contributed by atoms with E-state index in [-0.39, 0.29) is 24.1 Å². The van der Waals surface area contributed by atoms with Crippen LogP contribution in [-0.4, -0.2) is 23.7 Å². The van der Waals surface area contributed by atoms with Crippen LogP contribution in [0.25, 0.3) is 0 Å². The molecule has 1 aliphatic carbocycles. The van der Waals surface area contributed by atoms with Gasteiger partial charge in [0.1, 0.15) is 5.82 Å². The number of halogens is 2. The second-order valence-electron chi connectivity index (χ2n) is 4.93. The molecule has 0 aliphatic heterocycles. The van der Waals surface area contributed by atoms with E-state index < -0.39 is 11.7 Å². The molecule has 0 saturated heterocycles. The van der Waals surface area contributed by atoms with E-state index >= 15 is 0 Å². The predicted molar refractivity (Wildman–Crippen MR) is 74.4 cm³/mol. The molecule has 1 aromatic rings. The highest BCUT2D eigenvalue weighted by atomic mass is 79.9. The maximum absolute atomic E-state index is 13.7. The Morgan fingerprint density at radius 3 is 2.84 bits per heavy atom. The lowest BCUT2D eigenvalue weighted by atomic mass is 9.85. The van der Waals surface area contributed by atoms with Gasteiger partial charge in [-0.05, 0) is 31.0 Å². The number of hydrogen-bond acceptors (Lipinski definition) is 2. The molecule has 5 heteroatoms. The molecule has 2 unspecified atom stereocenters. The molecule has 1 aliphatic rings. The van der Waals surface area contributed by atoms with Crippen molar-refractivity contribution in [1.82, 2.24) is 5.32 Å². The molecular weight excluding hydrogens is 313 g/mol. The first-order valence-electron chi connectivity index (χ1n) is 6.48. The Morgan fingerprint density at radius 1 is 1.42 bits per heavy atom. The van der Waals surface area contributed by atoms with Gasteiger partial charge in [-0.15, -0.1) is 0 Å². The molecule has 2 rings (SSSR count). The summed E-state index contributed by atoms with van der Waals surface area (Å²) in [6.45, 7) is 0.0633. The van der Waals surface area contributed by atoms with E-state index in [4.69, 9.17) is 0 Å². The maximum Gasteiger partial charge on any atom is 0.254 e. The van der Waals surface area contributed by atoms with Crippen LogP contribution in [0.5, 0.6) is 0 Å². The van der Waals surface area contributed by atoms with Crippen molar-refractivity contribution >= 4 is 21.8 Å². The summed E-state index contributed by atoms with van der Waals surface area (Å²) in [7, 11) is 0. The average molecular weight is 330 g/mol. The van der Waals surface area contributed by atoms with Crippen molar-refractivity contribution in [2.45, 2.75) is 31.7 Å². The molecule has 0 aromatic heterocycles. The van der Waals surface area contributed by atoms with Gasteiger partial charge < -0.3 is 10.4 Å². The first kappa shape index (κ1) is 14.5. The second kappa shape index (κ2) is 6.48. The number of aliphatic hydroxyl groups excluding tert-OH is 1. The van der Waals surface area contributed by atoms with Crippen LogP contribution in [0, 0.1) is 11.7 Å². The highest BCUT2D eigenvalue weighted by Gasteiger charge is 2.26. The summed E-state index contributed by atoms with van der Waals surface area (Å²) in [5.41, 5.74) is 0.0467. The minimum atomic E-state index is -0.539. The Hall–Kier alpha value is -0.940. The number of benzene rings is 1. The first-order chi connectivity index (χ1) is 9.11. The van der Waals surface area contributed by atoms with E-state index in [1.165, 1.54) is 12.1 Å². The molecular formula is C14H17BrFNO2. The van der Waals surface area contributed by atoms with Crippen LogP contribution in [0.15, 0.2) is 22.7 Å². The minimum absolute atomic E-state index is 0.0467. The van der Waals surface area contributed by atoms with Crippen LogP contribution in [0.1, 0.15) is 36.0 Å². The zero-order valence-corrected chi connectivity index (χ0v) is 12.1. The first-order valence-corrected chi connectivity index (χ1v) is 7.28. The normalized spacial score (nSPS) is 23.1. The molecule has 0 radical (unpaired) electrons. The maximum atomic E-state index is 13.7. The zero-order chi connectivity index (χ0) is 13.8. The van der Waals surface area contributed by atoms with Gasteiger partial charge >= 0.3 is 0 Å². The number of rotatable bonds is 3. The Morgan fingerprint density at radius 2 is 2.16 bits per heavy atom. The lowest BCUT2D eigenvalue weighted by Crippen LogP contribution is -2.43. The molecule has 0 bridgehead atoms. The molecule has 3 nitrogen and oxygen atoms in total. The zero-order valence-electron chi connectivity index (χ0n) is 10.5. The lowest BCUT2D eigenvalue weighted by molar-refractivity contribution is 0.0868. The van der Waals surface area contributed by atoms with Gasteiger partial charge in [0, 0.05) is 23.0 Å². The number of carbonyl (C=O) groups is 1. The van der Waals surface area contributed by atoms with Gasteiger partial charge in [0.25, 0.3) is 5.91 Å². The highest BCUT2D eigenvalue weighted by Crippen LogP contribution is 2.24. The van der Waals surface area contributed by atoms with Crippen LogP contribution in [0.3, 0.4) is 0 Å². The predicted octanol–water partition coefficient (Wildman–Crippen LogP) is 2.87. The molecule has 19 heavy (non-hydrogen) atoms. The van der Waals surface area contributed by atoms with E-state index in [1.54, 1.807) is 6.07 Å². The van der Waals surface area contributed by atoms with E-state index in [9.17, 15) is 14.3 Å². The van der Waals surface area contributed by atoms with Gasteiger partial charge in [-0.1, -0.05) is 28.8 Å². The van der Waals surface area contributed by atoms with Crippen LogP contribution >= 0.6 is 15.9 Å². The van der Waals surface area contributed by atoms with Crippen molar-refractivity contribution in [3.05, 3.63) is 34.1 Å². The summed E-state index contributed by atoms with van der Waals surface area (Å²) in [6.07, 6.45) is 3.86. The fourth-order valence-corrected chi connectivity index (χ4v) is 2.87. The third-order valence-corrected chi connectivity index (χ3v) is 4.13. The van der Waals surface area contributed by atoms with Gasteiger partial charge in [0.2, 0.25) is 0 Å². The SMILES string of the molecule is O=C(NC1CCCCC1CO)c1ccc(Br)cc1F. The molecule has 1 amide bonds. The standard InChI is InChI=1S/C14H17BrFNO2/c15-10-5-6-11(12(16)7-10)14(19)17-13-4-2-1-3-9(13)8-18/h5-7,9,13,18H,1-4,8H2,(H,17,19). The topological polar surface area (TPSA) is 49.3 Å². The van der Waals surface area contributed by atoms with Crippen molar-refractivity contribution < 1.29 is 14.3 Å². The Kier molecular flexibility index (Phi) is 4.93. The molecule has 2 atom stereocenters. The van der Waals surface area contributed by atoms with Gasteiger partial charge in [0.15, 0.2) is 0 Å². The van der Waals surface area contributed by atoms with Crippen LogP contribution in [0.2, 0.25) is 0 Å². The summed E-state index contributed by atoms with van der Waals surface area (Å²) in [5, 5.41) is 12.1. The second-order valence-corrected chi connectivity index (χ2v) is 5.85. The number of carbonyl (C=O) groups excluding carboxylic acids is 1. The molecule has 1 fully saturated rings. The summed E-state index contributed by atoms with van der Waals surface area (Å²) < 4.78 is 14.3. The Bertz CT molecular complexity index is 467. The fourth-order valence-electron chi connectivity index (χ4n) is 2.54. The number of aliphatic hydroxyl groups is 1. The van der Waals surface area contributed by atoms with Gasteiger partial charge in [-0.25, -0.2) is 4.39 Å². The molecule has 0 heterocycles. The van der Waals surface area contributed by atoms with E-state index in [1.807, 2.05) is 0 Å². The van der Waals surface area contributed by atoms with Gasteiger partial charge in [-0.3, -0.25) is 4.79 Å². The minimum Gasteiger partial charge on any atom is -0.396 e. The van der Waals surface area contributed by atoms with Crippen molar-refractivity contribution in [3.8, 4) is 0 Å². The third-order valence-electron chi connectivity index (χ3n) is 3.64. The smallest absolute Gasteiger partial charge is 0.254 e. The van der Waals surface area contributed by atoms with Crippen molar-refractivity contribution in [1.29, 1.82) is 0 Å². The molecule has 2 N–H and O–H groups in total. The number of amides is 1. The molecule has 0 spiro atoms. The third kappa shape index (κ3) is 3.54. The van der Waals surface area contributed by atoms with Gasteiger partial charge in [-0.2, -0.15) is 0 Å². The fraction of sp³-hybridized carbons (Fsp3) is 0.500. The average Bonchev–Trinajstić information content (AvgIpc) is 2.39. The van der Waals surface area contributed by atoms with Crippen molar-refractivity contribution in [2.75, 3.05) is 6.61 Å². The Balaban J connectivity index is 2.07. The molecule has 104 valence electrons. The van der Waals surface area contributed by atoms with Crippen LogP contribution < -0.4 is 5.32 Å². The largest absolute Gasteiger partial charge is 0.396 e. The summed E-state index contributed by atoms with van der Waals surface area (Å²) in [4.78, 5) is 12.1. The molecule has 1 saturated carbocycles. The monoisotopic (exact) mass is 329 g/mol. The quantitative estimate of drug-likeness (QED) is 0.895. The van der Waals surface area contributed by atoms with E-state index in [0.717, 1.165) is 25.7 Å². The van der Waals surface area contributed by atoms with Crippen molar-refractivity contribution in [2.24, 2.45) is 5.92 Å². The highest BCUT2D eigenvalue weighted by molar-refractivity contribution is 9.10. The van der Waals surface area contributed by atoms with Crippen LogP contribution in [0.4, 0.5) is 4.39 Å². The number of hydrogen-bond donors (Lipinski definition) is 2. The van der Waals surface area contributed by atoms with E-state index in [2.05, 4.69) is 21.2 Å². The molecule has 1 aromatic carbocycles. The summed E-state index contributed by atoms with van der Waals surface area (Å²) in [6, 6.07) is 4.32. The summed E-state index contributed by atoms with van der Waals surface area (Å²) >= 11 is 3.16. The van der Waals surface area contributed by atoms with E-state index in [0.29, 0.717) is 4.47 Å². The van der Waals surface area contributed by atoms with Crippen molar-refractivity contribution in [3.63, 3.8) is 0 Å². The summed E-state index contributed by atoms with van der Waals surface area (Å²) in [5.74, 6) is -0.866. The lowest BCUT2D eigenvalue weighted by Gasteiger charge is -2.30. The van der Waals surface area contributed by atoms with Gasteiger partial charge in [0.05, 0.1) is 5.56 Å². The van der Waals surface area contributed by atoms with Crippen LogP contribution in [-0.2, 0) is 0 Å². The number of nitrogens with one attached hydrogen (secondary N) is 1. The Labute approximate surface area is 120 Å².